The molecular formula is C14H17FN2O. The highest BCUT2D eigenvalue weighted by molar-refractivity contribution is 5.53. The molecule has 1 aromatic rings. The Bertz CT molecular complexity index is 507. The summed E-state index contributed by atoms with van der Waals surface area (Å²) in [6.07, 6.45) is 0.649. The van der Waals surface area contributed by atoms with E-state index in [4.69, 9.17) is 5.26 Å². The van der Waals surface area contributed by atoms with Crippen molar-refractivity contribution in [1.82, 2.24) is 0 Å². The first-order valence-corrected chi connectivity index (χ1v) is 6.07. The lowest BCUT2D eigenvalue weighted by molar-refractivity contribution is 0.0547. The summed E-state index contributed by atoms with van der Waals surface area (Å²) >= 11 is 0. The van der Waals surface area contributed by atoms with Gasteiger partial charge in [0, 0.05) is 11.7 Å². The molecule has 2 rings (SSSR count). The van der Waals surface area contributed by atoms with Crippen LogP contribution in [-0.4, -0.2) is 22.8 Å². The molecule has 0 amide bonds. The Hall–Kier alpha value is -1.60. The predicted octanol–water partition coefficient (Wildman–Crippen LogP) is 2.44. The van der Waals surface area contributed by atoms with Gasteiger partial charge in [-0.2, -0.15) is 5.26 Å². The van der Waals surface area contributed by atoms with Gasteiger partial charge in [-0.05, 0) is 45.4 Å². The van der Waals surface area contributed by atoms with Crippen LogP contribution >= 0.6 is 0 Å². The minimum atomic E-state index is -0.774. The fourth-order valence-electron chi connectivity index (χ4n) is 2.78. The summed E-state index contributed by atoms with van der Waals surface area (Å²) in [6.45, 7) is 5.74. The first kappa shape index (κ1) is 12.8. The summed E-state index contributed by atoms with van der Waals surface area (Å²) in [5, 5.41) is 19.0. The van der Waals surface area contributed by atoms with Crippen LogP contribution in [0.2, 0.25) is 0 Å². The number of rotatable bonds is 1. The SMILES string of the molecule is CC1CC(C)(O)C(C)N1c1ccc(C#N)c(F)c1. The van der Waals surface area contributed by atoms with E-state index >= 15 is 0 Å². The molecule has 96 valence electrons. The van der Waals surface area contributed by atoms with Gasteiger partial charge in [0.25, 0.3) is 0 Å². The van der Waals surface area contributed by atoms with Crippen molar-refractivity contribution in [1.29, 1.82) is 5.26 Å². The second-order valence-electron chi connectivity index (χ2n) is 5.27. The second kappa shape index (κ2) is 4.25. The van der Waals surface area contributed by atoms with Gasteiger partial charge in [0.05, 0.1) is 17.2 Å². The van der Waals surface area contributed by atoms with Gasteiger partial charge in [0.1, 0.15) is 11.9 Å². The van der Waals surface area contributed by atoms with Gasteiger partial charge >= 0.3 is 0 Å². The first-order valence-electron chi connectivity index (χ1n) is 6.07. The van der Waals surface area contributed by atoms with Crippen LogP contribution in [0, 0.1) is 17.1 Å². The molecule has 1 aromatic carbocycles. The molecule has 0 radical (unpaired) electrons. The lowest BCUT2D eigenvalue weighted by Crippen LogP contribution is -2.41. The molecule has 0 aliphatic carbocycles. The van der Waals surface area contributed by atoms with Crippen LogP contribution in [0.15, 0.2) is 18.2 Å². The van der Waals surface area contributed by atoms with E-state index in [1.807, 2.05) is 24.8 Å². The Labute approximate surface area is 106 Å². The Morgan fingerprint density at radius 1 is 1.50 bits per heavy atom. The van der Waals surface area contributed by atoms with E-state index in [0.29, 0.717) is 12.1 Å². The van der Waals surface area contributed by atoms with Crippen LogP contribution in [0.3, 0.4) is 0 Å². The topological polar surface area (TPSA) is 47.3 Å². The van der Waals surface area contributed by atoms with Gasteiger partial charge in [-0.3, -0.25) is 0 Å². The fourth-order valence-corrected chi connectivity index (χ4v) is 2.78. The van der Waals surface area contributed by atoms with Crippen LogP contribution in [0.25, 0.3) is 0 Å². The van der Waals surface area contributed by atoms with E-state index in [9.17, 15) is 9.50 Å². The van der Waals surface area contributed by atoms with Gasteiger partial charge in [-0.25, -0.2) is 4.39 Å². The fraction of sp³-hybridized carbons (Fsp3) is 0.500. The van der Waals surface area contributed by atoms with E-state index < -0.39 is 11.4 Å². The Kier molecular flexibility index (Phi) is 3.04. The van der Waals surface area contributed by atoms with Gasteiger partial charge < -0.3 is 10.0 Å². The van der Waals surface area contributed by atoms with E-state index in [2.05, 4.69) is 0 Å². The standard InChI is InChI=1S/C14H17FN2O/c1-9-7-14(3,18)10(2)17(9)12-5-4-11(8-16)13(15)6-12/h4-6,9-10,18H,7H2,1-3H3. The quantitative estimate of drug-likeness (QED) is 0.830. The van der Waals surface area contributed by atoms with Crippen molar-refractivity contribution in [3.63, 3.8) is 0 Å². The molecule has 1 aliphatic heterocycles. The molecule has 3 nitrogen and oxygen atoms in total. The lowest BCUT2D eigenvalue weighted by atomic mass is 9.97. The number of benzene rings is 1. The van der Waals surface area contributed by atoms with Gasteiger partial charge in [0.2, 0.25) is 0 Å². The zero-order valence-electron chi connectivity index (χ0n) is 10.8. The zero-order valence-corrected chi connectivity index (χ0v) is 10.8. The highest BCUT2D eigenvalue weighted by Gasteiger charge is 2.43. The summed E-state index contributed by atoms with van der Waals surface area (Å²) in [6, 6.07) is 6.45. The lowest BCUT2D eigenvalue weighted by Gasteiger charge is -2.31. The number of hydrogen-bond acceptors (Lipinski definition) is 3. The maximum atomic E-state index is 13.6. The molecule has 1 aliphatic rings. The van der Waals surface area contributed by atoms with Crippen molar-refractivity contribution in [2.45, 2.75) is 44.9 Å². The van der Waals surface area contributed by atoms with E-state index in [-0.39, 0.29) is 17.6 Å². The number of nitriles is 1. The molecule has 18 heavy (non-hydrogen) atoms. The highest BCUT2D eigenvalue weighted by Crippen LogP contribution is 2.37. The average Bonchev–Trinajstić information content (AvgIpc) is 2.48. The minimum Gasteiger partial charge on any atom is -0.388 e. The summed E-state index contributed by atoms with van der Waals surface area (Å²) in [5.41, 5.74) is -0.0154. The molecule has 1 heterocycles. The predicted molar refractivity (Wildman–Crippen MR) is 67.8 cm³/mol. The molecule has 0 saturated carbocycles. The van der Waals surface area contributed by atoms with E-state index in [1.165, 1.54) is 12.1 Å². The number of aliphatic hydroxyl groups is 1. The molecule has 3 atom stereocenters. The molecule has 4 heteroatoms. The third-order valence-corrected chi connectivity index (χ3v) is 3.87. The number of halogens is 1. The monoisotopic (exact) mass is 248 g/mol. The van der Waals surface area contributed by atoms with Crippen molar-refractivity contribution in [2.75, 3.05) is 4.90 Å². The Balaban J connectivity index is 2.38. The average molecular weight is 248 g/mol. The molecule has 0 spiro atoms. The maximum Gasteiger partial charge on any atom is 0.143 e. The normalized spacial score (nSPS) is 31.4. The highest BCUT2D eigenvalue weighted by atomic mass is 19.1. The Morgan fingerprint density at radius 2 is 2.17 bits per heavy atom. The number of nitrogens with zero attached hydrogens (tertiary/aromatic N) is 2. The van der Waals surface area contributed by atoms with E-state index in [1.54, 1.807) is 13.0 Å². The van der Waals surface area contributed by atoms with Crippen molar-refractivity contribution in [2.24, 2.45) is 0 Å². The van der Waals surface area contributed by atoms with Crippen molar-refractivity contribution >= 4 is 5.69 Å². The summed E-state index contributed by atoms with van der Waals surface area (Å²) in [7, 11) is 0. The number of anilines is 1. The Morgan fingerprint density at radius 3 is 2.61 bits per heavy atom. The summed E-state index contributed by atoms with van der Waals surface area (Å²) in [4.78, 5) is 2.00. The molecule has 0 aromatic heterocycles. The van der Waals surface area contributed by atoms with Crippen LogP contribution in [0.4, 0.5) is 10.1 Å². The van der Waals surface area contributed by atoms with Crippen molar-refractivity contribution in [3.05, 3.63) is 29.6 Å². The third-order valence-electron chi connectivity index (χ3n) is 3.87. The molecule has 1 N–H and O–H groups in total. The van der Waals surface area contributed by atoms with Gasteiger partial charge in [-0.1, -0.05) is 0 Å². The van der Waals surface area contributed by atoms with E-state index in [0.717, 1.165) is 0 Å². The molecule has 3 unspecified atom stereocenters. The van der Waals surface area contributed by atoms with Crippen LogP contribution in [-0.2, 0) is 0 Å². The molecule has 1 fully saturated rings. The second-order valence-corrected chi connectivity index (χ2v) is 5.27. The van der Waals surface area contributed by atoms with Crippen LogP contribution < -0.4 is 4.90 Å². The minimum absolute atomic E-state index is 0.0463. The molecule has 1 saturated heterocycles. The molecular weight excluding hydrogens is 231 g/mol. The largest absolute Gasteiger partial charge is 0.388 e. The van der Waals surface area contributed by atoms with Crippen molar-refractivity contribution in [3.8, 4) is 6.07 Å². The zero-order chi connectivity index (χ0) is 13.5. The van der Waals surface area contributed by atoms with Crippen molar-refractivity contribution < 1.29 is 9.50 Å². The smallest absolute Gasteiger partial charge is 0.143 e. The number of hydrogen-bond donors (Lipinski definition) is 1. The summed E-state index contributed by atoms with van der Waals surface area (Å²) in [5.74, 6) is -0.513. The van der Waals surface area contributed by atoms with Crippen LogP contribution in [0.1, 0.15) is 32.8 Å². The third kappa shape index (κ3) is 1.95. The molecule has 0 bridgehead atoms. The van der Waals surface area contributed by atoms with Gasteiger partial charge in [-0.15, -0.1) is 0 Å². The summed E-state index contributed by atoms with van der Waals surface area (Å²) < 4.78 is 13.6. The maximum absolute atomic E-state index is 13.6. The first-order chi connectivity index (χ1) is 8.36. The van der Waals surface area contributed by atoms with Crippen LogP contribution in [0.5, 0.6) is 0 Å². The van der Waals surface area contributed by atoms with Gasteiger partial charge in [0.15, 0.2) is 0 Å².